The molecule has 9 heavy (non-hydrogen) atoms. The van der Waals surface area contributed by atoms with E-state index in [1.165, 1.54) is 7.11 Å². The lowest BCUT2D eigenvalue weighted by atomic mass is 10.2. The largest absolute Gasteiger partial charge is 0.239 e. The van der Waals surface area contributed by atoms with Crippen molar-refractivity contribution in [3.8, 4) is 6.07 Å². The maximum Gasteiger partial charge on any atom is 0.124 e. The Balaban J connectivity index is 3.62. The van der Waals surface area contributed by atoms with E-state index in [1.807, 2.05) is 6.07 Å². The number of hydrogen-bond acceptors (Lipinski definition) is 3. The molecule has 0 fully saturated rings. The molecule has 0 aliphatic heterocycles. The summed E-state index contributed by atoms with van der Waals surface area (Å²) >= 11 is 0. The topological polar surface area (TPSA) is 42.2 Å². The Bertz CT molecular complexity index is 136. The second-order valence-corrected chi connectivity index (χ2v) is 1.54. The van der Waals surface area contributed by atoms with E-state index in [4.69, 9.17) is 5.26 Å². The Morgan fingerprint density at radius 3 is 2.67 bits per heavy atom. The number of rotatable bonds is 3. The maximum absolute atomic E-state index is 8.25. The molecule has 0 aromatic rings. The Labute approximate surface area is 54.4 Å². The molecule has 0 amide bonds. The fourth-order valence-corrected chi connectivity index (χ4v) is 0.293. The van der Waals surface area contributed by atoms with E-state index >= 15 is 0 Å². The van der Waals surface area contributed by atoms with E-state index in [9.17, 15) is 0 Å². The molecule has 3 nitrogen and oxygen atoms in total. The van der Waals surface area contributed by atoms with E-state index in [-0.39, 0.29) is 6.10 Å². The molecule has 1 atom stereocenters. The van der Waals surface area contributed by atoms with Gasteiger partial charge in [-0.15, -0.1) is 0 Å². The highest BCUT2D eigenvalue weighted by Crippen LogP contribution is 2.00. The van der Waals surface area contributed by atoms with Crippen molar-refractivity contribution in [3.63, 3.8) is 0 Å². The van der Waals surface area contributed by atoms with Crippen LogP contribution in [-0.4, -0.2) is 13.2 Å². The number of nitriles is 1. The van der Waals surface area contributed by atoms with Gasteiger partial charge in [0.05, 0.1) is 18.8 Å². The second-order valence-electron chi connectivity index (χ2n) is 1.54. The molecular weight excluding hydrogens is 118 g/mol. The van der Waals surface area contributed by atoms with Crippen molar-refractivity contribution in [2.45, 2.75) is 13.0 Å². The first-order chi connectivity index (χ1) is 4.22. The van der Waals surface area contributed by atoms with Crippen LogP contribution in [0.3, 0.4) is 0 Å². The third-order valence-corrected chi connectivity index (χ3v) is 0.875. The summed E-state index contributed by atoms with van der Waals surface area (Å²) in [6.45, 7) is 5.12. The summed E-state index contributed by atoms with van der Waals surface area (Å²) < 4.78 is 0. The van der Waals surface area contributed by atoms with Gasteiger partial charge in [0.2, 0.25) is 0 Å². The molecule has 3 heteroatoms. The highest BCUT2D eigenvalue weighted by atomic mass is 17.2. The molecule has 0 spiro atoms. The minimum atomic E-state index is -0.347. The summed E-state index contributed by atoms with van der Waals surface area (Å²) in [6, 6.07) is 1.85. The van der Waals surface area contributed by atoms with Crippen molar-refractivity contribution < 1.29 is 9.78 Å². The van der Waals surface area contributed by atoms with E-state index < -0.39 is 0 Å². The quantitative estimate of drug-likeness (QED) is 0.323. The van der Waals surface area contributed by atoms with Gasteiger partial charge in [0.1, 0.15) is 6.10 Å². The van der Waals surface area contributed by atoms with Gasteiger partial charge in [-0.25, -0.2) is 9.78 Å². The summed E-state index contributed by atoms with van der Waals surface area (Å²) in [5, 5.41) is 8.25. The van der Waals surface area contributed by atoms with Gasteiger partial charge in [-0.05, 0) is 6.92 Å². The summed E-state index contributed by atoms with van der Waals surface area (Å²) in [7, 11) is 1.39. The summed E-state index contributed by atoms with van der Waals surface area (Å²) in [6.07, 6.45) is -0.347. The van der Waals surface area contributed by atoms with E-state index in [1.54, 1.807) is 6.92 Å². The monoisotopic (exact) mass is 127 g/mol. The Morgan fingerprint density at radius 1 is 1.78 bits per heavy atom. The molecule has 0 rings (SSSR count). The van der Waals surface area contributed by atoms with Crippen molar-refractivity contribution in [2.75, 3.05) is 7.11 Å². The minimum absolute atomic E-state index is 0.347. The third-order valence-electron chi connectivity index (χ3n) is 0.875. The SMILES string of the molecule is C=C(C#N)C(C)OOC. The summed E-state index contributed by atoms with van der Waals surface area (Å²) in [5.74, 6) is 0. The highest BCUT2D eigenvalue weighted by Gasteiger charge is 2.04. The van der Waals surface area contributed by atoms with Crippen LogP contribution in [0.4, 0.5) is 0 Å². The molecule has 1 unspecified atom stereocenters. The first-order valence-electron chi connectivity index (χ1n) is 2.50. The van der Waals surface area contributed by atoms with Crippen molar-refractivity contribution in [2.24, 2.45) is 0 Å². The van der Waals surface area contributed by atoms with Crippen LogP contribution in [0.15, 0.2) is 12.2 Å². The first-order valence-corrected chi connectivity index (χ1v) is 2.50. The van der Waals surface area contributed by atoms with Crippen molar-refractivity contribution >= 4 is 0 Å². The van der Waals surface area contributed by atoms with Crippen LogP contribution < -0.4 is 0 Å². The minimum Gasteiger partial charge on any atom is -0.239 e. The molecule has 0 saturated carbocycles. The average Bonchev–Trinajstić information content (AvgIpc) is 1.87. The molecule has 0 N–H and O–H groups in total. The Morgan fingerprint density at radius 2 is 2.33 bits per heavy atom. The third kappa shape index (κ3) is 2.85. The lowest BCUT2D eigenvalue weighted by Crippen LogP contribution is -2.08. The fourth-order valence-electron chi connectivity index (χ4n) is 0.293. The van der Waals surface area contributed by atoms with Crippen LogP contribution in [0.5, 0.6) is 0 Å². The predicted molar refractivity (Wildman–Crippen MR) is 32.3 cm³/mol. The van der Waals surface area contributed by atoms with Crippen molar-refractivity contribution in [1.29, 1.82) is 5.26 Å². The number of nitrogens with zero attached hydrogens (tertiary/aromatic N) is 1. The summed E-state index contributed by atoms with van der Waals surface area (Å²) in [5.41, 5.74) is 0.358. The van der Waals surface area contributed by atoms with Gasteiger partial charge < -0.3 is 0 Å². The van der Waals surface area contributed by atoms with Gasteiger partial charge in [-0.3, -0.25) is 0 Å². The predicted octanol–water partition coefficient (Wildman–Crippen LogP) is 1.03. The van der Waals surface area contributed by atoms with Gasteiger partial charge in [0.25, 0.3) is 0 Å². The van der Waals surface area contributed by atoms with E-state index in [0.29, 0.717) is 5.57 Å². The van der Waals surface area contributed by atoms with Crippen LogP contribution in [-0.2, 0) is 9.78 Å². The van der Waals surface area contributed by atoms with Gasteiger partial charge >= 0.3 is 0 Å². The molecular formula is C6H9NO2. The van der Waals surface area contributed by atoms with Gasteiger partial charge in [-0.1, -0.05) is 6.58 Å². The molecule has 0 saturated heterocycles. The van der Waals surface area contributed by atoms with Crippen LogP contribution >= 0.6 is 0 Å². The van der Waals surface area contributed by atoms with Crippen LogP contribution in [0.25, 0.3) is 0 Å². The zero-order chi connectivity index (χ0) is 7.28. The van der Waals surface area contributed by atoms with E-state index in [0.717, 1.165) is 0 Å². The molecule has 50 valence electrons. The van der Waals surface area contributed by atoms with Gasteiger partial charge in [0.15, 0.2) is 0 Å². The smallest absolute Gasteiger partial charge is 0.124 e. The van der Waals surface area contributed by atoms with Crippen LogP contribution in [0.1, 0.15) is 6.92 Å². The zero-order valence-corrected chi connectivity index (χ0v) is 5.55. The normalized spacial score (nSPS) is 12.1. The lowest BCUT2D eigenvalue weighted by Gasteiger charge is -2.05. The highest BCUT2D eigenvalue weighted by molar-refractivity contribution is 5.19. The fraction of sp³-hybridized carbons (Fsp3) is 0.500. The summed E-state index contributed by atoms with van der Waals surface area (Å²) in [4.78, 5) is 8.89. The van der Waals surface area contributed by atoms with Gasteiger partial charge in [-0.2, -0.15) is 5.26 Å². The first kappa shape index (κ1) is 8.15. The molecule has 0 radical (unpaired) electrons. The molecule has 0 aliphatic rings. The van der Waals surface area contributed by atoms with Crippen LogP contribution in [0.2, 0.25) is 0 Å². The number of hydrogen-bond donors (Lipinski definition) is 0. The molecule has 0 aliphatic carbocycles. The zero-order valence-electron chi connectivity index (χ0n) is 5.55. The Kier molecular flexibility index (Phi) is 3.69. The molecule has 0 aromatic carbocycles. The lowest BCUT2D eigenvalue weighted by molar-refractivity contribution is -0.290. The maximum atomic E-state index is 8.25. The molecule has 0 heterocycles. The molecule has 0 bridgehead atoms. The van der Waals surface area contributed by atoms with Crippen molar-refractivity contribution in [3.05, 3.63) is 12.2 Å². The van der Waals surface area contributed by atoms with Crippen LogP contribution in [0, 0.1) is 11.3 Å². The average molecular weight is 127 g/mol. The standard InChI is InChI=1S/C6H9NO2/c1-5(4-7)6(2)9-8-3/h6H,1H2,2-3H3. The van der Waals surface area contributed by atoms with Gasteiger partial charge in [0, 0.05) is 0 Å². The van der Waals surface area contributed by atoms with E-state index in [2.05, 4.69) is 16.4 Å². The molecule has 0 aromatic heterocycles. The van der Waals surface area contributed by atoms with Crippen molar-refractivity contribution in [1.82, 2.24) is 0 Å². The Hall–Kier alpha value is -0.850. The second kappa shape index (κ2) is 4.07.